The van der Waals surface area contributed by atoms with Gasteiger partial charge in [0.25, 0.3) is 0 Å². The number of rotatable bonds is 4. The molecular formula is C14H18FN3O3. The summed E-state index contributed by atoms with van der Waals surface area (Å²) in [5.74, 6) is -0.975. The zero-order valence-corrected chi connectivity index (χ0v) is 11.5. The molecule has 1 unspecified atom stereocenters. The number of hydrogen-bond acceptors (Lipinski definition) is 4. The molecule has 6 nitrogen and oxygen atoms in total. The molecule has 1 saturated heterocycles. The van der Waals surface area contributed by atoms with Crippen LogP contribution in [0.1, 0.15) is 11.7 Å². The summed E-state index contributed by atoms with van der Waals surface area (Å²) in [6, 6.07) is 6.34. The third-order valence-corrected chi connectivity index (χ3v) is 3.29. The van der Waals surface area contributed by atoms with Crippen LogP contribution in [-0.4, -0.2) is 49.5 Å². The van der Waals surface area contributed by atoms with Gasteiger partial charge >= 0.3 is 0 Å². The number of nitrogens with one attached hydrogen (secondary N) is 1. The van der Waals surface area contributed by atoms with Gasteiger partial charge in [0.05, 0.1) is 26.2 Å². The minimum Gasteiger partial charge on any atom is -0.370 e. The molecule has 1 aliphatic rings. The molecule has 1 atom stereocenters. The molecule has 0 aliphatic carbocycles. The maximum Gasteiger partial charge on any atom is 0.242 e. The molecule has 0 saturated carbocycles. The molecule has 0 aromatic heterocycles. The number of hydrogen-bond donors (Lipinski definition) is 2. The molecule has 2 amide bonds. The van der Waals surface area contributed by atoms with E-state index in [9.17, 15) is 14.0 Å². The Hall–Kier alpha value is -1.99. The van der Waals surface area contributed by atoms with Gasteiger partial charge in [-0.05, 0) is 6.07 Å². The van der Waals surface area contributed by atoms with Crippen LogP contribution in [0.25, 0.3) is 0 Å². The Bertz CT molecular complexity index is 524. The Kier molecular flexibility index (Phi) is 5.24. The van der Waals surface area contributed by atoms with E-state index in [1.807, 2.05) is 0 Å². The summed E-state index contributed by atoms with van der Waals surface area (Å²) in [6.45, 7) is 0.740. The van der Waals surface area contributed by atoms with Crippen molar-refractivity contribution in [3.05, 3.63) is 35.6 Å². The van der Waals surface area contributed by atoms with E-state index in [4.69, 9.17) is 10.5 Å². The first kappa shape index (κ1) is 15.4. The Labute approximate surface area is 122 Å². The summed E-state index contributed by atoms with van der Waals surface area (Å²) in [5.41, 5.74) is 5.58. The second-order valence-corrected chi connectivity index (χ2v) is 4.70. The van der Waals surface area contributed by atoms with Gasteiger partial charge in [-0.2, -0.15) is 0 Å². The first-order valence-electron chi connectivity index (χ1n) is 6.72. The molecule has 2 rings (SSSR count). The normalized spacial score (nSPS) is 18.4. The van der Waals surface area contributed by atoms with Crippen molar-refractivity contribution >= 4 is 11.8 Å². The molecule has 3 N–H and O–H groups in total. The smallest absolute Gasteiger partial charge is 0.242 e. The van der Waals surface area contributed by atoms with Gasteiger partial charge in [0.1, 0.15) is 11.9 Å². The second kappa shape index (κ2) is 7.14. The lowest BCUT2D eigenvalue weighted by Gasteiger charge is -2.33. The monoisotopic (exact) mass is 295 g/mol. The van der Waals surface area contributed by atoms with Gasteiger partial charge in [-0.15, -0.1) is 0 Å². The minimum atomic E-state index is -0.492. The van der Waals surface area contributed by atoms with E-state index in [-0.39, 0.29) is 37.3 Å². The molecule has 1 heterocycles. The van der Waals surface area contributed by atoms with Crippen molar-refractivity contribution in [1.29, 1.82) is 0 Å². The topological polar surface area (TPSA) is 84.7 Å². The fraction of sp³-hybridized carbons (Fsp3) is 0.429. The van der Waals surface area contributed by atoms with Crippen molar-refractivity contribution in [2.75, 3.05) is 32.8 Å². The summed E-state index contributed by atoms with van der Waals surface area (Å²) >= 11 is 0. The molecule has 0 radical (unpaired) electrons. The van der Waals surface area contributed by atoms with E-state index >= 15 is 0 Å². The number of halogens is 1. The fourth-order valence-electron chi connectivity index (χ4n) is 2.16. The van der Waals surface area contributed by atoms with Crippen LogP contribution in [0.2, 0.25) is 0 Å². The number of benzene rings is 1. The van der Waals surface area contributed by atoms with Gasteiger partial charge in [0.15, 0.2) is 0 Å². The van der Waals surface area contributed by atoms with Crippen molar-refractivity contribution < 1.29 is 18.7 Å². The molecule has 1 aromatic carbocycles. The zero-order valence-electron chi connectivity index (χ0n) is 11.5. The number of morpholine rings is 1. The first-order chi connectivity index (χ1) is 10.1. The van der Waals surface area contributed by atoms with E-state index in [0.717, 1.165) is 0 Å². The quantitative estimate of drug-likeness (QED) is 0.805. The summed E-state index contributed by atoms with van der Waals surface area (Å²) < 4.78 is 19.3. The molecule has 0 bridgehead atoms. The largest absolute Gasteiger partial charge is 0.370 e. The summed E-state index contributed by atoms with van der Waals surface area (Å²) in [6.07, 6.45) is -0.492. The molecule has 7 heteroatoms. The van der Waals surface area contributed by atoms with E-state index in [0.29, 0.717) is 18.7 Å². The highest BCUT2D eigenvalue weighted by Crippen LogP contribution is 2.24. The van der Waals surface area contributed by atoms with Gasteiger partial charge in [0.2, 0.25) is 11.8 Å². The van der Waals surface area contributed by atoms with Crippen LogP contribution in [-0.2, 0) is 14.3 Å². The van der Waals surface area contributed by atoms with Gasteiger partial charge in [-0.3, -0.25) is 9.59 Å². The Morgan fingerprint density at radius 3 is 2.90 bits per heavy atom. The highest BCUT2D eigenvalue weighted by Gasteiger charge is 2.26. The Morgan fingerprint density at radius 2 is 2.19 bits per heavy atom. The fourth-order valence-corrected chi connectivity index (χ4v) is 2.16. The van der Waals surface area contributed by atoms with E-state index in [1.165, 1.54) is 6.07 Å². The average Bonchev–Trinajstić information content (AvgIpc) is 2.52. The van der Waals surface area contributed by atoms with Gasteiger partial charge in [0, 0.05) is 12.1 Å². The van der Waals surface area contributed by atoms with Crippen LogP contribution < -0.4 is 11.1 Å². The van der Waals surface area contributed by atoms with Crippen LogP contribution >= 0.6 is 0 Å². The third kappa shape index (κ3) is 3.99. The van der Waals surface area contributed by atoms with E-state index < -0.39 is 6.10 Å². The van der Waals surface area contributed by atoms with Crippen molar-refractivity contribution in [2.24, 2.45) is 5.73 Å². The Morgan fingerprint density at radius 1 is 1.43 bits per heavy atom. The van der Waals surface area contributed by atoms with Crippen molar-refractivity contribution in [3.8, 4) is 0 Å². The average molecular weight is 295 g/mol. The zero-order chi connectivity index (χ0) is 15.2. The first-order valence-corrected chi connectivity index (χ1v) is 6.72. The summed E-state index contributed by atoms with van der Waals surface area (Å²) in [5, 5.41) is 2.43. The van der Waals surface area contributed by atoms with Crippen molar-refractivity contribution in [3.63, 3.8) is 0 Å². The molecule has 21 heavy (non-hydrogen) atoms. The minimum absolute atomic E-state index is 0.111. The number of nitrogens with zero attached hydrogens (tertiary/aromatic N) is 1. The van der Waals surface area contributed by atoms with Crippen LogP contribution in [0, 0.1) is 5.82 Å². The lowest BCUT2D eigenvalue weighted by Crippen LogP contribution is -2.47. The van der Waals surface area contributed by atoms with Crippen molar-refractivity contribution in [2.45, 2.75) is 6.10 Å². The van der Waals surface area contributed by atoms with Crippen molar-refractivity contribution in [1.82, 2.24) is 10.2 Å². The predicted octanol–water partition coefficient (Wildman–Crippen LogP) is -0.199. The molecule has 1 aromatic rings. The maximum absolute atomic E-state index is 13.7. The van der Waals surface area contributed by atoms with Gasteiger partial charge in [-0.25, -0.2) is 4.39 Å². The predicted molar refractivity (Wildman–Crippen MR) is 73.7 cm³/mol. The van der Waals surface area contributed by atoms with Crippen LogP contribution in [0.5, 0.6) is 0 Å². The van der Waals surface area contributed by atoms with E-state index in [2.05, 4.69) is 5.32 Å². The number of carbonyl (C=O) groups excluding carboxylic acids is 2. The third-order valence-electron chi connectivity index (χ3n) is 3.29. The summed E-state index contributed by atoms with van der Waals surface area (Å²) in [7, 11) is 0. The Balaban J connectivity index is 1.96. The summed E-state index contributed by atoms with van der Waals surface area (Å²) in [4.78, 5) is 24.6. The number of carbonyl (C=O) groups is 2. The number of amides is 2. The van der Waals surface area contributed by atoms with Gasteiger partial charge < -0.3 is 20.7 Å². The number of nitrogens with two attached hydrogens (primary N) is 1. The molecule has 114 valence electrons. The molecule has 0 spiro atoms. The van der Waals surface area contributed by atoms with E-state index in [1.54, 1.807) is 23.1 Å². The second-order valence-electron chi connectivity index (χ2n) is 4.70. The number of ether oxygens (including phenoxy) is 1. The highest BCUT2D eigenvalue weighted by molar-refractivity contribution is 5.85. The lowest BCUT2D eigenvalue weighted by molar-refractivity contribution is -0.139. The lowest BCUT2D eigenvalue weighted by atomic mass is 10.1. The standard InChI is InChI=1S/C14H18FN3O3/c15-11-4-2-1-3-10(11)12-9-18(5-6-21-12)14(20)8-17-13(19)7-16/h1-4,12H,5-9,16H2,(H,17,19). The van der Waals surface area contributed by atoms with Crippen LogP contribution in [0.3, 0.4) is 0 Å². The molecule has 1 aliphatic heterocycles. The van der Waals surface area contributed by atoms with Gasteiger partial charge in [-0.1, -0.05) is 18.2 Å². The van der Waals surface area contributed by atoms with Crippen LogP contribution in [0.15, 0.2) is 24.3 Å². The SMILES string of the molecule is NCC(=O)NCC(=O)N1CCOC(c2ccccc2F)C1. The van der Waals surface area contributed by atoms with Crippen LogP contribution in [0.4, 0.5) is 4.39 Å². The maximum atomic E-state index is 13.7. The molecule has 1 fully saturated rings. The highest BCUT2D eigenvalue weighted by atomic mass is 19.1. The molecular weight excluding hydrogens is 277 g/mol.